The molecule has 0 fully saturated rings. The first-order chi connectivity index (χ1) is 15.3. The quantitative estimate of drug-likeness (QED) is 0.285. The van der Waals surface area contributed by atoms with E-state index in [0.29, 0.717) is 19.3 Å². The van der Waals surface area contributed by atoms with Crippen molar-refractivity contribution in [1.82, 2.24) is 10.6 Å². The Hall–Kier alpha value is -2.93. The molecule has 3 N–H and O–H groups in total. The van der Waals surface area contributed by atoms with Crippen molar-refractivity contribution >= 4 is 17.8 Å². The number of nitrogens with one attached hydrogen (secondary N) is 2. The zero-order valence-corrected chi connectivity index (χ0v) is 19.1. The van der Waals surface area contributed by atoms with Gasteiger partial charge in [-0.3, -0.25) is 14.4 Å². The van der Waals surface area contributed by atoms with Crippen molar-refractivity contribution in [1.29, 1.82) is 0 Å². The third kappa shape index (κ3) is 10.4. The molecule has 0 saturated carbocycles. The molecule has 7 nitrogen and oxygen atoms in total. The SMILES string of the molecule is C=CC[C@@H](CC(=O)N[C@H](C)CO)C(=O)N[C@@H](C)COC(=O)[C@H](CC=C)Cc1ccccc1. The average Bonchev–Trinajstić information content (AvgIpc) is 2.77. The molecule has 4 atom stereocenters. The lowest BCUT2D eigenvalue weighted by Gasteiger charge is -2.21. The first-order valence-corrected chi connectivity index (χ1v) is 10.9. The molecule has 0 radical (unpaired) electrons. The van der Waals surface area contributed by atoms with Crippen LogP contribution in [0.5, 0.6) is 0 Å². The summed E-state index contributed by atoms with van der Waals surface area (Å²) in [6.07, 6.45) is 4.64. The van der Waals surface area contributed by atoms with Crippen LogP contribution in [0.1, 0.15) is 38.7 Å². The normalized spacial score (nSPS) is 14.3. The van der Waals surface area contributed by atoms with E-state index < -0.39 is 12.0 Å². The molecule has 0 unspecified atom stereocenters. The molecule has 0 heterocycles. The van der Waals surface area contributed by atoms with Crippen LogP contribution in [-0.4, -0.2) is 48.2 Å². The van der Waals surface area contributed by atoms with Gasteiger partial charge in [0.2, 0.25) is 11.8 Å². The third-order valence-electron chi connectivity index (χ3n) is 4.91. The van der Waals surface area contributed by atoms with Crippen molar-refractivity contribution in [3.63, 3.8) is 0 Å². The molecule has 0 aliphatic rings. The highest BCUT2D eigenvalue weighted by Gasteiger charge is 2.24. The number of allylic oxidation sites excluding steroid dienone is 2. The Morgan fingerprint density at radius 1 is 1.00 bits per heavy atom. The predicted octanol–water partition coefficient (Wildman–Crippen LogP) is 2.55. The standard InChI is InChI=1S/C25H36N2O5/c1-5-10-21(15-23(29)26-18(3)16-28)24(30)27-19(4)17-32-25(31)22(11-6-2)14-20-12-8-7-9-13-20/h5-9,12-13,18-19,21-22,28H,1-2,10-11,14-17H2,3-4H3,(H,26,29)(H,27,30)/t18-,19+,21+,22-/m1/s1. The van der Waals surface area contributed by atoms with Gasteiger partial charge in [0, 0.05) is 12.5 Å². The minimum absolute atomic E-state index is 0.0206. The van der Waals surface area contributed by atoms with Gasteiger partial charge in [-0.1, -0.05) is 42.5 Å². The molecule has 1 aromatic carbocycles. The maximum atomic E-state index is 12.6. The number of hydrogen-bond acceptors (Lipinski definition) is 5. The van der Waals surface area contributed by atoms with Gasteiger partial charge in [-0.05, 0) is 38.7 Å². The second-order valence-electron chi connectivity index (χ2n) is 8.03. The summed E-state index contributed by atoms with van der Waals surface area (Å²) in [5.74, 6) is -1.91. The van der Waals surface area contributed by atoms with Gasteiger partial charge < -0.3 is 20.5 Å². The van der Waals surface area contributed by atoms with Crippen LogP contribution in [0.4, 0.5) is 0 Å². The smallest absolute Gasteiger partial charge is 0.309 e. The van der Waals surface area contributed by atoms with E-state index in [4.69, 9.17) is 9.84 Å². The number of aliphatic hydroxyl groups excluding tert-OH is 1. The van der Waals surface area contributed by atoms with Gasteiger partial charge >= 0.3 is 5.97 Å². The number of hydrogen-bond donors (Lipinski definition) is 3. The molecule has 2 amide bonds. The Balaban J connectivity index is 2.57. The maximum absolute atomic E-state index is 12.6. The van der Waals surface area contributed by atoms with Crippen molar-refractivity contribution in [2.75, 3.05) is 13.2 Å². The molecule has 0 spiro atoms. The molecule has 176 valence electrons. The Kier molecular flexibility index (Phi) is 12.7. The Bertz CT molecular complexity index is 750. The molecule has 0 saturated heterocycles. The van der Waals surface area contributed by atoms with Crippen LogP contribution >= 0.6 is 0 Å². The molecular weight excluding hydrogens is 408 g/mol. The van der Waals surface area contributed by atoms with Crippen molar-refractivity contribution in [3.05, 3.63) is 61.2 Å². The topological polar surface area (TPSA) is 105 Å². The maximum Gasteiger partial charge on any atom is 0.309 e. The number of carbonyl (C=O) groups is 3. The highest BCUT2D eigenvalue weighted by Crippen LogP contribution is 2.15. The van der Waals surface area contributed by atoms with E-state index in [1.54, 1.807) is 26.0 Å². The molecule has 7 heteroatoms. The van der Waals surface area contributed by atoms with E-state index in [1.807, 2.05) is 30.3 Å². The van der Waals surface area contributed by atoms with Gasteiger partial charge in [0.15, 0.2) is 0 Å². The summed E-state index contributed by atoms with van der Waals surface area (Å²) in [5.41, 5.74) is 1.04. The molecular formula is C25H36N2O5. The van der Waals surface area contributed by atoms with E-state index in [1.165, 1.54) is 0 Å². The van der Waals surface area contributed by atoms with Crippen LogP contribution in [0, 0.1) is 11.8 Å². The largest absolute Gasteiger partial charge is 0.463 e. The zero-order valence-electron chi connectivity index (χ0n) is 19.1. The van der Waals surface area contributed by atoms with Crippen LogP contribution in [0.25, 0.3) is 0 Å². The summed E-state index contributed by atoms with van der Waals surface area (Å²) in [5, 5.41) is 14.5. The monoisotopic (exact) mass is 444 g/mol. The molecule has 0 aromatic heterocycles. The number of aliphatic hydroxyl groups is 1. The van der Waals surface area contributed by atoms with E-state index in [0.717, 1.165) is 5.56 Å². The third-order valence-corrected chi connectivity index (χ3v) is 4.91. The summed E-state index contributed by atoms with van der Waals surface area (Å²) in [4.78, 5) is 37.3. The summed E-state index contributed by atoms with van der Waals surface area (Å²) in [7, 11) is 0. The summed E-state index contributed by atoms with van der Waals surface area (Å²) in [6.45, 7) is 10.6. The minimum atomic E-state index is -0.594. The van der Waals surface area contributed by atoms with Gasteiger partial charge in [-0.15, -0.1) is 13.2 Å². The lowest BCUT2D eigenvalue weighted by atomic mass is 9.96. The van der Waals surface area contributed by atoms with E-state index in [-0.39, 0.29) is 49.4 Å². The lowest BCUT2D eigenvalue weighted by molar-refractivity contribution is -0.149. The fourth-order valence-corrected chi connectivity index (χ4v) is 3.18. The highest BCUT2D eigenvalue weighted by molar-refractivity contribution is 5.86. The van der Waals surface area contributed by atoms with Crippen LogP contribution in [-0.2, 0) is 25.5 Å². The fourth-order valence-electron chi connectivity index (χ4n) is 3.18. The lowest BCUT2D eigenvalue weighted by Crippen LogP contribution is -2.43. The summed E-state index contributed by atoms with van der Waals surface area (Å²) < 4.78 is 5.45. The minimum Gasteiger partial charge on any atom is -0.463 e. The zero-order chi connectivity index (χ0) is 23.9. The Morgan fingerprint density at radius 3 is 2.22 bits per heavy atom. The first kappa shape index (κ1) is 27.1. The molecule has 0 aliphatic heterocycles. The number of carbonyl (C=O) groups excluding carboxylic acids is 3. The van der Waals surface area contributed by atoms with Crippen molar-refractivity contribution in [2.24, 2.45) is 11.8 Å². The van der Waals surface area contributed by atoms with E-state index >= 15 is 0 Å². The van der Waals surface area contributed by atoms with Gasteiger partial charge in [0.25, 0.3) is 0 Å². The fraction of sp³-hybridized carbons (Fsp3) is 0.480. The number of ether oxygens (including phenoxy) is 1. The number of esters is 1. The number of benzene rings is 1. The van der Waals surface area contributed by atoms with Crippen molar-refractivity contribution in [3.8, 4) is 0 Å². The van der Waals surface area contributed by atoms with Crippen LogP contribution < -0.4 is 10.6 Å². The second-order valence-corrected chi connectivity index (χ2v) is 8.03. The highest BCUT2D eigenvalue weighted by atomic mass is 16.5. The predicted molar refractivity (Wildman–Crippen MR) is 125 cm³/mol. The Morgan fingerprint density at radius 2 is 1.62 bits per heavy atom. The molecule has 32 heavy (non-hydrogen) atoms. The van der Waals surface area contributed by atoms with Crippen LogP contribution in [0.2, 0.25) is 0 Å². The van der Waals surface area contributed by atoms with Crippen LogP contribution in [0.15, 0.2) is 55.6 Å². The van der Waals surface area contributed by atoms with Gasteiger partial charge in [-0.25, -0.2) is 0 Å². The second kappa shape index (κ2) is 15.0. The molecule has 1 aromatic rings. The van der Waals surface area contributed by atoms with Gasteiger partial charge in [-0.2, -0.15) is 0 Å². The van der Waals surface area contributed by atoms with E-state index in [2.05, 4.69) is 23.8 Å². The first-order valence-electron chi connectivity index (χ1n) is 10.9. The number of rotatable bonds is 15. The van der Waals surface area contributed by atoms with Gasteiger partial charge in [0.05, 0.1) is 24.5 Å². The summed E-state index contributed by atoms with van der Waals surface area (Å²) >= 11 is 0. The Labute approximate surface area is 190 Å². The number of amides is 2. The molecule has 1 rings (SSSR count). The molecule has 0 bridgehead atoms. The molecule has 0 aliphatic carbocycles. The van der Waals surface area contributed by atoms with Crippen molar-refractivity contribution in [2.45, 2.75) is 51.6 Å². The summed E-state index contributed by atoms with van der Waals surface area (Å²) in [6, 6.07) is 8.89. The average molecular weight is 445 g/mol. The van der Waals surface area contributed by atoms with Crippen molar-refractivity contribution < 1.29 is 24.2 Å². The van der Waals surface area contributed by atoms with Gasteiger partial charge in [0.1, 0.15) is 6.61 Å². The van der Waals surface area contributed by atoms with Crippen LogP contribution in [0.3, 0.4) is 0 Å². The van der Waals surface area contributed by atoms with E-state index in [9.17, 15) is 14.4 Å².